The summed E-state index contributed by atoms with van der Waals surface area (Å²) < 4.78 is 16.1. The van der Waals surface area contributed by atoms with E-state index in [1.807, 2.05) is 66.7 Å². The Kier molecular flexibility index (Phi) is 12.9. The molecule has 2 N–H and O–H groups in total. The number of ether oxygens (including phenoxy) is 3. The summed E-state index contributed by atoms with van der Waals surface area (Å²) >= 11 is 0. The number of β-lactam (4-membered cyclic amide) rings is 1. The average Bonchev–Trinajstić information content (AvgIpc) is 3.15. The molecule has 262 valence electrons. The summed E-state index contributed by atoms with van der Waals surface area (Å²) in [4.78, 5) is 72.1. The van der Waals surface area contributed by atoms with Gasteiger partial charge in [-0.15, -0.1) is 0 Å². The Hall–Kier alpha value is -5.72. The molecule has 3 aromatic carbocycles. The van der Waals surface area contributed by atoms with Gasteiger partial charge in [-0.2, -0.15) is 0 Å². The molecule has 2 heterocycles. The zero-order valence-electron chi connectivity index (χ0n) is 27.7. The number of likely N-dealkylation sites (tertiary alicyclic amines) is 2. The first-order valence-corrected chi connectivity index (χ1v) is 16.7. The number of piperidine rings is 1. The van der Waals surface area contributed by atoms with Crippen LogP contribution in [0.15, 0.2) is 96.0 Å². The molecule has 0 saturated carbocycles. The first-order chi connectivity index (χ1) is 24.4. The van der Waals surface area contributed by atoms with Gasteiger partial charge in [-0.3, -0.25) is 20.4 Å². The van der Waals surface area contributed by atoms with E-state index in [2.05, 4.69) is 15.6 Å². The minimum absolute atomic E-state index is 0.00337. The SMILES string of the molecule is O=C(NC(=NCCC[C@H]1C(=O)N(C(=O)N2CCCCC2)C1C(=O)OCc1ccccc1)NC(=O)OCc1ccccc1)OCc1ccccc1. The highest BCUT2D eigenvalue weighted by atomic mass is 16.6. The topological polar surface area (TPSA) is 156 Å². The molecule has 0 radical (unpaired) electrons. The van der Waals surface area contributed by atoms with Gasteiger partial charge < -0.3 is 19.1 Å². The average molecular weight is 684 g/mol. The van der Waals surface area contributed by atoms with Crippen molar-refractivity contribution in [2.24, 2.45) is 10.9 Å². The zero-order valence-corrected chi connectivity index (χ0v) is 27.7. The number of hydrogen-bond donors (Lipinski definition) is 2. The fraction of sp³-hybridized carbons (Fsp3) is 0.351. The molecule has 2 atom stereocenters. The van der Waals surface area contributed by atoms with E-state index >= 15 is 0 Å². The Morgan fingerprint density at radius 1 is 0.680 bits per heavy atom. The van der Waals surface area contributed by atoms with Crippen LogP contribution in [0.4, 0.5) is 14.4 Å². The third-order valence-electron chi connectivity index (χ3n) is 8.32. The number of nitrogens with one attached hydrogen (secondary N) is 2. The number of imide groups is 1. The Bertz CT molecular complexity index is 1570. The predicted molar refractivity (Wildman–Crippen MR) is 182 cm³/mol. The van der Waals surface area contributed by atoms with E-state index in [4.69, 9.17) is 14.2 Å². The van der Waals surface area contributed by atoms with Gasteiger partial charge in [0, 0.05) is 19.6 Å². The number of aliphatic imine (C=N–C) groups is 1. The van der Waals surface area contributed by atoms with Crippen molar-refractivity contribution < 1.29 is 38.2 Å². The zero-order chi connectivity index (χ0) is 35.1. The summed E-state index contributed by atoms with van der Waals surface area (Å²) in [5.41, 5.74) is 2.32. The summed E-state index contributed by atoms with van der Waals surface area (Å²) in [6.07, 6.45) is 1.48. The number of guanidine groups is 1. The van der Waals surface area contributed by atoms with Crippen LogP contribution in [0.3, 0.4) is 0 Å². The van der Waals surface area contributed by atoms with Gasteiger partial charge in [0.1, 0.15) is 19.8 Å². The van der Waals surface area contributed by atoms with Crippen LogP contribution < -0.4 is 10.6 Å². The number of alkyl carbamates (subject to hydrolysis) is 2. The normalized spacial score (nSPS) is 16.8. The number of rotatable bonds is 11. The molecule has 5 rings (SSSR count). The fourth-order valence-electron chi connectivity index (χ4n) is 5.69. The van der Waals surface area contributed by atoms with Crippen molar-refractivity contribution in [2.75, 3.05) is 19.6 Å². The van der Waals surface area contributed by atoms with Gasteiger partial charge in [-0.25, -0.2) is 24.1 Å². The Labute approximate surface area is 290 Å². The number of amides is 5. The van der Waals surface area contributed by atoms with Crippen LogP contribution in [0, 0.1) is 5.92 Å². The van der Waals surface area contributed by atoms with E-state index < -0.39 is 42.1 Å². The minimum Gasteiger partial charge on any atom is -0.459 e. The van der Waals surface area contributed by atoms with Crippen LogP contribution in [0.25, 0.3) is 0 Å². The lowest BCUT2D eigenvalue weighted by Gasteiger charge is -2.46. The molecule has 2 fully saturated rings. The Morgan fingerprint density at radius 2 is 1.16 bits per heavy atom. The minimum atomic E-state index is -1.07. The first-order valence-electron chi connectivity index (χ1n) is 16.7. The molecule has 1 unspecified atom stereocenters. The van der Waals surface area contributed by atoms with E-state index in [-0.39, 0.29) is 45.2 Å². The molecular weight excluding hydrogens is 642 g/mol. The lowest BCUT2D eigenvalue weighted by Crippen LogP contribution is -2.69. The van der Waals surface area contributed by atoms with Crippen LogP contribution in [-0.4, -0.2) is 71.5 Å². The molecule has 0 bridgehead atoms. The summed E-state index contributed by atoms with van der Waals surface area (Å²) in [6, 6.07) is 25.8. The highest BCUT2D eigenvalue weighted by molar-refractivity contribution is 6.08. The molecule has 0 spiro atoms. The molecule has 2 aliphatic heterocycles. The molecule has 50 heavy (non-hydrogen) atoms. The maximum atomic E-state index is 13.3. The number of carbonyl (C=O) groups excluding carboxylic acids is 5. The summed E-state index contributed by atoms with van der Waals surface area (Å²) in [7, 11) is 0. The molecule has 13 nitrogen and oxygen atoms in total. The van der Waals surface area contributed by atoms with Crippen molar-refractivity contribution in [3.8, 4) is 0 Å². The number of hydrogen-bond acceptors (Lipinski definition) is 9. The van der Waals surface area contributed by atoms with E-state index in [0.717, 1.165) is 40.9 Å². The maximum absolute atomic E-state index is 13.3. The monoisotopic (exact) mass is 683 g/mol. The van der Waals surface area contributed by atoms with Crippen LogP contribution in [0.5, 0.6) is 0 Å². The number of carbonyl (C=O) groups is 5. The van der Waals surface area contributed by atoms with Gasteiger partial charge in [-0.05, 0) is 48.8 Å². The molecule has 3 aromatic rings. The number of urea groups is 1. The van der Waals surface area contributed by atoms with Crippen molar-refractivity contribution in [1.82, 2.24) is 20.4 Å². The highest BCUT2D eigenvalue weighted by Crippen LogP contribution is 2.33. The fourth-order valence-corrected chi connectivity index (χ4v) is 5.69. The molecule has 2 saturated heterocycles. The van der Waals surface area contributed by atoms with Gasteiger partial charge in [0.25, 0.3) is 0 Å². The lowest BCUT2D eigenvalue weighted by atomic mass is 9.83. The second kappa shape index (κ2) is 18.2. The van der Waals surface area contributed by atoms with Crippen LogP contribution in [-0.2, 0) is 43.6 Å². The second-order valence-electron chi connectivity index (χ2n) is 11.9. The third kappa shape index (κ3) is 10.1. The number of benzene rings is 3. The van der Waals surface area contributed by atoms with E-state index in [0.29, 0.717) is 13.1 Å². The molecule has 0 aromatic heterocycles. The smallest absolute Gasteiger partial charge is 0.414 e. The molecule has 0 aliphatic carbocycles. The van der Waals surface area contributed by atoms with E-state index in [1.54, 1.807) is 29.2 Å². The predicted octanol–water partition coefficient (Wildman–Crippen LogP) is 5.15. The van der Waals surface area contributed by atoms with E-state index in [1.165, 1.54) is 0 Å². The molecule has 13 heteroatoms. The lowest BCUT2D eigenvalue weighted by molar-refractivity contribution is -0.171. The Balaban J connectivity index is 1.21. The Morgan fingerprint density at radius 3 is 1.66 bits per heavy atom. The van der Waals surface area contributed by atoms with Crippen molar-refractivity contribution >= 4 is 36.1 Å². The van der Waals surface area contributed by atoms with Gasteiger partial charge in [0.15, 0.2) is 6.04 Å². The highest BCUT2D eigenvalue weighted by Gasteiger charge is 2.55. The van der Waals surface area contributed by atoms with Crippen LogP contribution in [0.1, 0.15) is 48.8 Å². The summed E-state index contributed by atoms with van der Waals surface area (Å²) in [6.45, 7) is 1.11. The standard InChI is InChI=1S/C37H41N5O8/c43-32-30(31(33(44)48-24-27-14-5-1-6-15-27)42(32)37(47)41-22-11-4-12-23-41)20-13-21-38-34(39-35(45)49-25-28-16-7-2-8-17-28)40-36(46)50-26-29-18-9-3-10-19-29/h1-3,5-10,14-19,30-31H,4,11-13,20-26H2,(H2,38,39,40,45,46)/t30-,31?/m1/s1. The van der Waals surface area contributed by atoms with E-state index in [9.17, 15) is 24.0 Å². The summed E-state index contributed by atoms with van der Waals surface area (Å²) in [5, 5.41) is 4.87. The molecule has 2 aliphatic rings. The summed E-state index contributed by atoms with van der Waals surface area (Å²) in [5.74, 6) is -2.10. The van der Waals surface area contributed by atoms with Gasteiger partial charge in [0.05, 0.1) is 5.92 Å². The van der Waals surface area contributed by atoms with Crippen molar-refractivity contribution in [2.45, 2.75) is 58.0 Å². The first kappa shape index (κ1) is 35.6. The van der Waals surface area contributed by atoms with Gasteiger partial charge in [-0.1, -0.05) is 91.0 Å². The van der Waals surface area contributed by atoms with Gasteiger partial charge in [0.2, 0.25) is 11.9 Å². The second-order valence-corrected chi connectivity index (χ2v) is 11.9. The van der Waals surface area contributed by atoms with Crippen molar-refractivity contribution in [3.05, 3.63) is 108 Å². The van der Waals surface area contributed by atoms with Gasteiger partial charge >= 0.3 is 24.2 Å². The van der Waals surface area contributed by atoms with Crippen LogP contribution in [0.2, 0.25) is 0 Å². The quantitative estimate of drug-likeness (QED) is 0.0702. The largest absolute Gasteiger partial charge is 0.459 e. The number of nitrogens with zero attached hydrogens (tertiary/aromatic N) is 3. The van der Waals surface area contributed by atoms with Crippen LogP contribution >= 0.6 is 0 Å². The number of esters is 1. The maximum Gasteiger partial charge on any atom is 0.414 e. The molecular formula is C37H41N5O8. The third-order valence-corrected chi connectivity index (χ3v) is 8.32. The molecule has 5 amide bonds. The van der Waals surface area contributed by atoms with Crippen molar-refractivity contribution in [3.63, 3.8) is 0 Å². The van der Waals surface area contributed by atoms with Crippen molar-refractivity contribution in [1.29, 1.82) is 0 Å².